The Balaban J connectivity index is 0.00000128. The van der Waals surface area contributed by atoms with E-state index >= 15 is 0 Å². The van der Waals surface area contributed by atoms with Crippen molar-refractivity contribution in [1.29, 1.82) is 0 Å². The van der Waals surface area contributed by atoms with Gasteiger partial charge in [-0.15, -0.1) is 12.4 Å². The van der Waals surface area contributed by atoms with Crippen molar-refractivity contribution in [2.75, 3.05) is 6.54 Å². The standard InChI is InChI=1S/C12H22N2O.ClH/c1-3-11-10(4-5-13-11)12(15)14-9-6-8(2)7-9;/h8-11,13H,3-7H2,1-2H3,(H,14,15);1H. The van der Waals surface area contributed by atoms with Crippen molar-refractivity contribution in [3.63, 3.8) is 0 Å². The van der Waals surface area contributed by atoms with Crippen molar-refractivity contribution in [3.05, 3.63) is 0 Å². The Labute approximate surface area is 104 Å². The number of nitrogens with one attached hydrogen (secondary N) is 2. The minimum atomic E-state index is 0. The highest BCUT2D eigenvalue weighted by molar-refractivity contribution is 5.85. The van der Waals surface area contributed by atoms with Crippen molar-refractivity contribution < 1.29 is 4.79 Å². The quantitative estimate of drug-likeness (QED) is 0.796. The lowest BCUT2D eigenvalue weighted by atomic mass is 9.81. The molecule has 2 unspecified atom stereocenters. The topological polar surface area (TPSA) is 41.1 Å². The van der Waals surface area contributed by atoms with Gasteiger partial charge >= 0.3 is 0 Å². The molecule has 1 saturated heterocycles. The Bertz CT molecular complexity index is 241. The van der Waals surface area contributed by atoms with E-state index in [0.717, 1.165) is 25.3 Å². The highest BCUT2D eigenvalue weighted by Gasteiger charge is 2.34. The molecule has 94 valence electrons. The van der Waals surface area contributed by atoms with Gasteiger partial charge in [-0.3, -0.25) is 4.79 Å². The molecule has 0 spiro atoms. The van der Waals surface area contributed by atoms with Crippen LogP contribution in [0, 0.1) is 11.8 Å². The molecule has 2 N–H and O–H groups in total. The molecule has 1 aliphatic carbocycles. The van der Waals surface area contributed by atoms with E-state index in [1.807, 2.05) is 0 Å². The molecule has 2 fully saturated rings. The molecule has 0 radical (unpaired) electrons. The summed E-state index contributed by atoms with van der Waals surface area (Å²) in [7, 11) is 0. The Hall–Kier alpha value is -0.280. The van der Waals surface area contributed by atoms with Gasteiger partial charge in [-0.1, -0.05) is 13.8 Å². The first-order valence-corrected chi connectivity index (χ1v) is 6.24. The minimum absolute atomic E-state index is 0. The molecular formula is C12H23ClN2O. The zero-order valence-corrected chi connectivity index (χ0v) is 11.0. The van der Waals surface area contributed by atoms with Crippen LogP contribution in [0.2, 0.25) is 0 Å². The maximum absolute atomic E-state index is 12.0. The van der Waals surface area contributed by atoms with Gasteiger partial charge in [0.05, 0.1) is 5.92 Å². The highest BCUT2D eigenvalue weighted by Crippen LogP contribution is 2.27. The lowest BCUT2D eigenvalue weighted by Crippen LogP contribution is -2.47. The van der Waals surface area contributed by atoms with E-state index in [4.69, 9.17) is 0 Å². The zero-order valence-electron chi connectivity index (χ0n) is 10.2. The fourth-order valence-electron chi connectivity index (χ4n) is 2.84. The Morgan fingerprint density at radius 1 is 1.44 bits per heavy atom. The van der Waals surface area contributed by atoms with Crippen molar-refractivity contribution in [2.24, 2.45) is 11.8 Å². The molecule has 1 aliphatic heterocycles. The second-order valence-electron chi connectivity index (χ2n) is 5.15. The average Bonchev–Trinajstić information content (AvgIpc) is 2.62. The number of rotatable bonds is 3. The lowest BCUT2D eigenvalue weighted by Gasteiger charge is -2.34. The van der Waals surface area contributed by atoms with Crippen LogP contribution in [-0.4, -0.2) is 24.5 Å². The normalized spacial score (nSPS) is 37.4. The molecule has 1 saturated carbocycles. The molecule has 2 aliphatic rings. The maximum atomic E-state index is 12.0. The Kier molecular flexibility index (Phi) is 5.06. The van der Waals surface area contributed by atoms with Gasteiger partial charge in [0, 0.05) is 12.1 Å². The predicted octanol–water partition coefficient (Wildman–Crippen LogP) is 1.71. The molecule has 0 bridgehead atoms. The van der Waals surface area contributed by atoms with E-state index in [2.05, 4.69) is 24.5 Å². The molecular weight excluding hydrogens is 224 g/mol. The molecule has 4 heteroatoms. The van der Waals surface area contributed by atoms with Crippen LogP contribution in [0.25, 0.3) is 0 Å². The Morgan fingerprint density at radius 2 is 2.12 bits per heavy atom. The van der Waals surface area contributed by atoms with Crippen LogP contribution in [0.4, 0.5) is 0 Å². The third-order valence-electron chi connectivity index (χ3n) is 3.84. The van der Waals surface area contributed by atoms with E-state index in [1.54, 1.807) is 0 Å². The van der Waals surface area contributed by atoms with Crippen LogP contribution >= 0.6 is 12.4 Å². The van der Waals surface area contributed by atoms with Crippen molar-refractivity contribution >= 4 is 18.3 Å². The van der Waals surface area contributed by atoms with E-state index in [0.29, 0.717) is 12.1 Å². The number of carbonyl (C=O) groups excluding carboxylic acids is 1. The molecule has 1 amide bonds. The second kappa shape index (κ2) is 5.87. The molecule has 3 nitrogen and oxygen atoms in total. The molecule has 1 heterocycles. The fourth-order valence-corrected chi connectivity index (χ4v) is 2.84. The summed E-state index contributed by atoms with van der Waals surface area (Å²) < 4.78 is 0. The average molecular weight is 247 g/mol. The third kappa shape index (κ3) is 2.89. The summed E-state index contributed by atoms with van der Waals surface area (Å²) in [6, 6.07) is 0.869. The summed E-state index contributed by atoms with van der Waals surface area (Å²) in [5.41, 5.74) is 0. The highest BCUT2D eigenvalue weighted by atomic mass is 35.5. The van der Waals surface area contributed by atoms with Crippen LogP contribution in [0.5, 0.6) is 0 Å². The first-order valence-electron chi connectivity index (χ1n) is 6.24. The van der Waals surface area contributed by atoms with Gasteiger partial charge in [0.2, 0.25) is 5.91 Å². The van der Waals surface area contributed by atoms with E-state index in [9.17, 15) is 4.79 Å². The summed E-state index contributed by atoms with van der Waals surface area (Å²) in [6.07, 6.45) is 4.40. The van der Waals surface area contributed by atoms with Gasteiger partial charge in [0.1, 0.15) is 0 Å². The minimum Gasteiger partial charge on any atom is -0.353 e. The van der Waals surface area contributed by atoms with Crippen molar-refractivity contribution in [1.82, 2.24) is 10.6 Å². The van der Waals surface area contributed by atoms with Gasteiger partial charge in [0.15, 0.2) is 0 Å². The van der Waals surface area contributed by atoms with E-state index in [-0.39, 0.29) is 24.2 Å². The predicted molar refractivity (Wildman–Crippen MR) is 67.8 cm³/mol. The molecule has 0 aromatic rings. The van der Waals surface area contributed by atoms with Crippen molar-refractivity contribution in [2.45, 2.75) is 51.6 Å². The SMILES string of the molecule is CCC1NCCC1C(=O)NC1CC(C)C1.Cl. The second-order valence-corrected chi connectivity index (χ2v) is 5.15. The summed E-state index contributed by atoms with van der Waals surface area (Å²) in [5, 5.41) is 6.57. The number of carbonyl (C=O) groups is 1. The van der Waals surface area contributed by atoms with Crippen LogP contribution in [0.3, 0.4) is 0 Å². The maximum Gasteiger partial charge on any atom is 0.224 e. The number of amides is 1. The summed E-state index contributed by atoms with van der Waals surface area (Å²) in [5.74, 6) is 1.30. The third-order valence-corrected chi connectivity index (χ3v) is 3.84. The zero-order chi connectivity index (χ0) is 10.8. The summed E-state index contributed by atoms with van der Waals surface area (Å²) in [4.78, 5) is 12.0. The largest absolute Gasteiger partial charge is 0.353 e. The van der Waals surface area contributed by atoms with Crippen molar-refractivity contribution in [3.8, 4) is 0 Å². The molecule has 16 heavy (non-hydrogen) atoms. The van der Waals surface area contributed by atoms with Gasteiger partial charge in [-0.2, -0.15) is 0 Å². The summed E-state index contributed by atoms with van der Waals surface area (Å²) in [6.45, 7) is 5.39. The number of hydrogen-bond acceptors (Lipinski definition) is 2. The molecule has 2 rings (SSSR count). The van der Waals surface area contributed by atoms with Crippen LogP contribution in [0.15, 0.2) is 0 Å². The fraction of sp³-hybridized carbons (Fsp3) is 0.917. The molecule has 2 atom stereocenters. The van der Waals surface area contributed by atoms with E-state index < -0.39 is 0 Å². The number of halogens is 1. The summed E-state index contributed by atoms with van der Waals surface area (Å²) >= 11 is 0. The van der Waals surface area contributed by atoms with Crippen LogP contribution < -0.4 is 10.6 Å². The molecule has 0 aromatic heterocycles. The Morgan fingerprint density at radius 3 is 2.69 bits per heavy atom. The number of hydrogen-bond donors (Lipinski definition) is 2. The van der Waals surface area contributed by atoms with Crippen LogP contribution in [-0.2, 0) is 4.79 Å². The first kappa shape index (κ1) is 13.8. The molecule has 0 aromatic carbocycles. The van der Waals surface area contributed by atoms with Gasteiger partial charge in [-0.05, 0) is 38.1 Å². The van der Waals surface area contributed by atoms with E-state index in [1.165, 1.54) is 12.8 Å². The lowest BCUT2D eigenvalue weighted by molar-refractivity contribution is -0.126. The smallest absolute Gasteiger partial charge is 0.224 e. The van der Waals surface area contributed by atoms with Crippen LogP contribution in [0.1, 0.15) is 39.5 Å². The van der Waals surface area contributed by atoms with Gasteiger partial charge in [0.25, 0.3) is 0 Å². The van der Waals surface area contributed by atoms with Gasteiger partial charge < -0.3 is 10.6 Å². The van der Waals surface area contributed by atoms with Gasteiger partial charge in [-0.25, -0.2) is 0 Å². The monoisotopic (exact) mass is 246 g/mol. The first-order chi connectivity index (χ1) is 7.20.